The highest BCUT2D eigenvalue weighted by Gasteiger charge is 2.35. The second-order valence-corrected chi connectivity index (χ2v) is 14.3. The third-order valence-corrected chi connectivity index (χ3v) is 10.3. The molecule has 2 N–H and O–H groups in total. The summed E-state index contributed by atoms with van der Waals surface area (Å²) in [5.41, 5.74) is 5.82. The maximum atomic E-state index is 13.4. The Balaban J connectivity index is 4.98. The zero-order chi connectivity index (χ0) is 32.8. The van der Waals surface area contributed by atoms with Crippen LogP contribution in [0.2, 0.25) is 0 Å². The lowest BCUT2D eigenvalue weighted by Crippen LogP contribution is -2.50. The molecule has 0 aliphatic carbocycles. The van der Waals surface area contributed by atoms with Gasteiger partial charge < -0.3 is 15.2 Å². The fourth-order valence-corrected chi connectivity index (χ4v) is 7.39. The summed E-state index contributed by atoms with van der Waals surface area (Å²) in [6.07, 6.45) is 23.5. The maximum Gasteiger partial charge on any atom is 0.329 e. The SMILES string of the molecule is CCCCCCCCCCCCC(=O)N(C(=O)CCCCCCCCCCCC)[C@@H](CSSCC(N)C(=O)OC)C(=O)OC. The number of imide groups is 1. The van der Waals surface area contributed by atoms with E-state index in [4.69, 9.17) is 10.5 Å². The van der Waals surface area contributed by atoms with E-state index in [-0.39, 0.29) is 36.2 Å². The van der Waals surface area contributed by atoms with Crippen molar-refractivity contribution in [1.82, 2.24) is 4.90 Å². The summed E-state index contributed by atoms with van der Waals surface area (Å²) < 4.78 is 9.70. The lowest BCUT2D eigenvalue weighted by atomic mass is 10.0. The topological polar surface area (TPSA) is 116 Å². The van der Waals surface area contributed by atoms with Crippen molar-refractivity contribution in [3.63, 3.8) is 0 Å². The molecule has 0 aliphatic rings. The highest BCUT2D eigenvalue weighted by atomic mass is 33.1. The van der Waals surface area contributed by atoms with Gasteiger partial charge in [-0.2, -0.15) is 0 Å². The van der Waals surface area contributed by atoms with Crippen LogP contribution in [0.3, 0.4) is 0 Å². The Bertz CT molecular complexity index is 719. The van der Waals surface area contributed by atoms with Crippen LogP contribution in [0.4, 0.5) is 0 Å². The largest absolute Gasteiger partial charge is 0.468 e. The number of unbranched alkanes of at least 4 members (excludes halogenated alkanes) is 18. The monoisotopic (exact) mass is 660 g/mol. The Morgan fingerprint density at radius 3 is 1.25 bits per heavy atom. The number of nitrogens with zero attached hydrogens (tertiary/aromatic N) is 1. The van der Waals surface area contributed by atoms with E-state index in [1.807, 2.05) is 0 Å². The third-order valence-electron chi connectivity index (χ3n) is 7.87. The predicted octanol–water partition coefficient (Wildman–Crippen LogP) is 8.39. The summed E-state index contributed by atoms with van der Waals surface area (Å²) >= 11 is 0. The molecule has 0 aromatic rings. The molecule has 0 spiro atoms. The first-order chi connectivity index (χ1) is 21.3. The number of methoxy groups -OCH3 is 2. The van der Waals surface area contributed by atoms with E-state index in [9.17, 15) is 19.2 Å². The molecule has 10 heteroatoms. The minimum absolute atomic E-state index is 0.165. The van der Waals surface area contributed by atoms with Gasteiger partial charge in [0.1, 0.15) is 12.1 Å². The van der Waals surface area contributed by atoms with Gasteiger partial charge in [0.25, 0.3) is 0 Å². The summed E-state index contributed by atoms with van der Waals surface area (Å²) in [6.45, 7) is 4.45. The van der Waals surface area contributed by atoms with Gasteiger partial charge in [-0.1, -0.05) is 151 Å². The van der Waals surface area contributed by atoms with Gasteiger partial charge in [0.2, 0.25) is 11.8 Å². The molecule has 0 heterocycles. The van der Waals surface area contributed by atoms with Crippen LogP contribution in [-0.4, -0.2) is 66.5 Å². The van der Waals surface area contributed by atoms with Crippen molar-refractivity contribution in [1.29, 1.82) is 0 Å². The molecule has 2 amide bonds. The van der Waals surface area contributed by atoms with Crippen LogP contribution in [-0.2, 0) is 28.7 Å². The minimum Gasteiger partial charge on any atom is -0.468 e. The molecule has 44 heavy (non-hydrogen) atoms. The Kier molecular flexibility index (Phi) is 29.5. The van der Waals surface area contributed by atoms with Gasteiger partial charge in [-0.05, 0) is 12.8 Å². The summed E-state index contributed by atoms with van der Waals surface area (Å²) in [5.74, 6) is -1.29. The fraction of sp³-hybridized carbons (Fsp3) is 0.882. The molecule has 258 valence electrons. The molecular formula is C34H64N2O6S2. The highest BCUT2D eigenvalue weighted by molar-refractivity contribution is 8.76. The third kappa shape index (κ3) is 22.3. The van der Waals surface area contributed by atoms with Crippen LogP contribution in [0.25, 0.3) is 0 Å². The zero-order valence-electron chi connectivity index (χ0n) is 28.4. The second-order valence-electron chi connectivity index (χ2n) is 11.8. The lowest BCUT2D eigenvalue weighted by molar-refractivity contribution is -0.158. The Morgan fingerprint density at radius 1 is 0.545 bits per heavy atom. The van der Waals surface area contributed by atoms with Crippen LogP contribution >= 0.6 is 21.6 Å². The van der Waals surface area contributed by atoms with E-state index in [0.29, 0.717) is 12.8 Å². The minimum atomic E-state index is -1.02. The van der Waals surface area contributed by atoms with E-state index in [1.54, 1.807) is 0 Å². The van der Waals surface area contributed by atoms with Crippen LogP contribution in [0.15, 0.2) is 0 Å². The van der Waals surface area contributed by atoms with Crippen LogP contribution in [0.5, 0.6) is 0 Å². The van der Waals surface area contributed by atoms with Gasteiger partial charge in [0.05, 0.1) is 14.2 Å². The quantitative estimate of drug-likeness (QED) is 0.0461. The molecule has 0 bridgehead atoms. The Hall–Kier alpha value is -1.26. The molecule has 0 saturated heterocycles. The number of ether oxygens (including phenoxy) is 2. The Labute approximate surface area is 276 Å². The van der Waals surface area contributed by atoms with E-state index in [2.05, 4.69) is 18.6 Å². The van der Waals surface area contributed by atoms with Gasteiger partial charge in [0.15, 0.2) is 0 Å². The molecule has 0 aliphatic heterocycles. The standard InChI is InChI=1S/C34H64N2O6S2/c1-5-7-9-11-13-15-17-19-21-23-25-31(37)36(32(38)26-24-22-20-18-16-14-12-10-8-6-2)30(34(40)42-4)28-44-43-27-29(35)33(39)41-3/h29-30H,5-28,35H2,1-4H3/t29?,30-/m0/s1. The number of amides is 2. The predicted molar refractivity (Wildman–Crippen MR) is 185 cm³/mol. The Morgan fingerprint density at radius 2 is 0.886 bits per heavy atom. The molecule has 1 unspecified atom stereocenters. The number of hydrogen-bond donors (Lipinski definition) is 1. The number of rotatable bonds is 30. The average Bonchev–Trinajstić information content (AvgIpc) is 3.03. The van der Waals surface area contributed by atoms with Crippen molar-refractivity contribution in [2.45, 2.75) is 167 Å². The summed E-state index contributed by atoms with van der Waals surface area (Å²) in [4.78, 5) is 52.5. The smallest absolute Gasteiger partial charge is 0.329 e. The first-order valence-electron chi connectivity index (χ1n) is 17.3. The van der Waals surface area contributed by atoms with Crippen molar-refractivity contribution in [2.75, 3.05) is 25.7 Å². The molecule has 0 aromatic carbocycles. The van der Waals surface area contributed by atoms with Gasteiger partial charge in [-0.3, -0.25) is 19.3 Å². The van der Waals surface area contributed by atoms with Crippen molar-refractivity contribution >= 4 is 45.3 Å². The van der Waals surface area contributed by atoms with Crippen LogP contribution < -0.4 is 5.73 Å². The van der Waals surface area contributed by atoms with Gasteiger partial charge in [-0.15, -0.1) is 0 Å². The lowest BCUT2D eigenvalue weighted by Gasteiger charge is -2.28. The second kappa shape index (κ2) is 30.4. The number of esters is 2. The normalized spacial score (nSPS) is 12.5. The van der Waals surface area contributed by atoms with Crippen molar-refractivity contribution < 1.29 is 28.7 Å². The van der Waals surface area contributed by atoms with Gasteiger partial charge in [0, 0.05) is 24.3 Å². The average molecular weight is 661 g/mol. The summed E-state index contributed by atoms with van der Waals surface area (Å²) in [6, 6.07) is -1.81. The first kappa shape index (κ1) is 42.7. The molecule has 0 rings (SSSR count). The van der Waals surface area contributed by atoms with E-state index >= 15 is 0 Å². The first-order valence-corrected chi connectivity index (χ1v) is 19.8. The van der Waals surface area contributed by atoms with Crippen molar-refractivity contribution in [3.8, 4) is 0 Å². The number of carbonyl (C=O) groups excluding carboxylic acids is 4. The molecule has 0 fully saturated rings. The van der Waals surface area contributed by atoms with Crippen LogP contribution in [0.1, 0.15) is 155 Å². The van der Waals surface area contributed by atoms with Gasteiger partial charge >= 0.3 is 11.9 Å². The van der Waals surface area contributed by atoms with E-state index in [1.165, 1.54) is 118 Å². The maximum absolute atomic E-state index is 13.4. The fourth-order valence-electron chi connectivity index (χ4n) is 5.09. The summed E-state index contributed by atoms with van der Waals surface area (Å²) in [5, 5.41) is 0. The number of nitrogens with two attached hydrogens (primary N) is 1. The molecule has 2 atom stereocenters. The van der Waals surface area contributed by atoms with Crippen LogP contribution in [0, 0.1) is 0 Å². The van der Waals surface area contributed by atoms with Crippen molar-refractivity contribution in [2.24, 2.45) is 5.73 Å². The molecular weight excluding hydrogens is 597 g/mol. The molecule has 8 nitrogen and oxygen atoms in total. The van der Waals surface area contributed by atoms with Gasteiger partial charge in [-0.25, -0.2) is 4.79 Å². The molecule has 0 saturated carbocycles. The zero-order valence-corrected chi connectivity index (χ0v) is 30.0. The number of hydrogen-bond acceptors (Lipinski definition) is 9. The molecule has 0 aromatic heterocycles. The number of carbonyl (C=O) groups is 4. The summed E-state index contributed by atoms with van der Waals surface area (Å²) in [7, 11) is 5.16. The molecule has 0 radical (unpaired) electrons. The van der Waals surface area contributed by atoms with E-state index in [0.717, 1.165) is 38.5 Å². The highest BCUT2D eigenvalue weighted by Crippen LogP contribution is 2.26. The van der Waals surface area contributed by atoms with E-state index < -0.39 is 24.0 Å². The van der Waals surface area contributed by atoms with Crippen molar-refractivity contribution in [3.05, 3.63) is 0 Å².